The SMILES string of the molecule is CCNC(=O)c1ccc(CNC(=O)c2ccsc2)cc1. The Balaban J connectivity index is 1.91. The van der Waals surface area contributed by atoms with Crippen LogP contribution in [0.1, 0.15) is 33.2 Å². The largest absolute Gasteiger partial charge is 0.352 e. The van der Waals surface area contributed by atoms with Gasteiger partial charge >= 0.3 is 0 Å². The lowest BCUT2D eigenvalue weighted by atomic mass is 10.1. The lowest BCUT2D eigenvalue weighted by Crippen LogP contribution is -2.23. The van der Waals surface area contributed by atoms with Crippen LogP contribution < -0.4 is 10.6 Å². The molecule has 2 rings (SSSR count). The van der Waals surface area contributed by atoms with Crippen molar-refractivity contribution in [2.45, 2.75) is 13.5 Å². The Hall–Kier alpha value is -2.14. The van der Waals surface area contributed by atoms with Crippen molar-refractivity contribution in [2.24, 2.45) is 0 Å². The van der Waals surface area contributed by atoms with E-state index in [4.69, 9.17) is 0 Å². The van der Waals surface area contributed by atoms with Gasteiger partial charge in [-0.25, -0.2) is 0 Å². The number of benzene rings is 1. The molecule has 2 aromatic rings. The molecule has 104 valence electrons. The van der Waals surface area contributed by atoms with Gasteiger partial charge in [-0.2, -0.15) is 11.3 Å². The second-order valence-electron chi connectivity index (χ2n) is 4.25. The quantitative estimate of drug-likeness (QED) is 0.887. The highest BCUT2D eigenvalue weighted by atomic mass is 32.1. The van der Waals surface area contributed by atoms with E-state index in [2.05, 4.69) is 10.6 Å². The Morgan fingerprint density at radius 2 is 1.70 bits per heavy atom. The summed E-state index contributed by atoms with van der Waals surface area (Å²) in [5.41, 5.74) is 2.26. The maximum absolute atomic E-state index is 11.8. The normalized spacial score (nSPS) is 10.1. The highest BCUT2D eigenvalue weighted by Gasteiger charge is 2.06. The molecule has 0 fully saturated rings. The average Bonchev–Trinajstić information content (AvgIpc) is 3.00. The first-order chi connectivity index (χ1) is 9.70. The van der Waals surface area contributed by atoms with Crippen LogP contribution in [0.4, 0.5) is 0 Å². The number of carbonyl (C=O) groups is 2. The molecular formula is C15H16N2O2S. The lowest BCUT2D eigenvalue weighted by Gasteiger charge is -2.06. The van der Waals surface area contributed by atoms with Gasteiger partial charge in [-0.15, -0.1) is 0 Å². The van der Waals surface area contributed by atoms with Gasteiger partial charge in [-0.1, -0.05) is 12.1 Å². The minimum absolute atomic E-state index is 0.0821. The minimum atomic E-state index is -0.0842. The Bertz CT molecular complexity index is 576. The molecule has 0 bridgehead atoms. The predicted molar refractivity (Wildman–Crippen MR) is 79.9 cm³/mol. The molecule has 1 aromatic heterocycles. The fraction of sp³-hybridized carbons (Fsp3) is 0.200. The number of rotatable bonds is 5. The van der Waals surface area contributed by atoms with Crippen LogP contribution in [-0.4, -0.2) is 18.4 Å². The van der Waals surface area contributed by atoms with E-state index in [9.17, 15) is 9.59 Å². The van der Waals surface area contributed by atoms with Crippen LogP contribution in [0.15, 0.2) is 41.1 Å². The van der Waals surface area contributed by atoms with Gasteiger partial charge in [0.15, 0.2) is 0 Å². The molecule has 0 aliphatic rings. The monoisotopic (exact) mass is 288 g/mol. The summed E-state index contributed by atoms with van der Waals surface area (Å²) in [5, 5.41) is 9.27. The fourth-order valence-electron chi connectivity index (χ4n) is 1.71. The molecular weight excluding hydrogens is 272 g/mol. The van der Waals surface area contributed by atoms with Crippen LogP contribution in [0.5, 0.6) is 0 Å². The van der Waals surface area contributed by atoms with E-state index in [1.54, 1.807) is 18.2 Å². The van der Waals surface area contributed by atoms with Crippen LogP contribution in [0.3, 0.4) is 0 Å². The van der Waals surface area contributed by atoms with Crippen molar-refractivity contribution in [3.05, 3.63) is 57.8 Å². The molecule has 2 amide bonds. The molecule has 2 N–H and O–H groups in total. The summed E-state index contributed by atoms with van der Waals surface area (Å²) in [4.78, 5) is 23.4. The summed E-state index contributed by atoms with van der Waals surface area (Å²) >= 11 is 1.49. The van der Waals surface area contributed by atoms with Gasteiger partial charge in [0.25, 0.3) is 11.8 Å². The molecule has 4 nitrogen and oxygen atoms in total. The summed E-state index contributed by atoms with van der Waals surface area (Å²) in [6.07, 6.45) is 0. The van der Waals surface area contributed by atoms with E-state index in [1.807, 2.05) is 29.8 Å². The second kappa shape index (κ2) is 6.86. The van der Waals surface area contributed by atoms with Gasteiger partial charge in [0.2, 0.25) is 0 Å². The molecule has 0 saturated heterocycles. The third-order valence-corrected chi connectivity index (χ3v) is 3.47. The average molecular weight is 288 g/mol. The number of thiophene rings is 1. The molecule has 0 unspecified atom stereocenters. The van der Waals surface area contributed by atoms with Crippen molar-refractivity contribution in [2.75, 3.05) is 6.54 Å². The minimum Gasteiger partial charge on any atom is -0.352 e. The fourth-order valence-corrected chi connectivity index (χ4v) is 2.35. The topological polar surface area (TPSA) is 58.2 Å². The van der Waals surface area contributed by atoms with Crippen LogP contribution in [0.25, 0.3) is 0 Å². The van der Waals surface area contributed by atoms with Gasteiger partial charge in [0.05, 0.1) is 0 Å². The van der Waals surface area contributed by atoms with E-state index >= 15 is 0 Å². The standard InChI is InChI=1S/C15H16N2O2S/c1-2-16-14(18)12-5-3-11(4-6-12)9-17-15(19)13-7-8-20-10-13/h3-8,10H,2,9H2,1H3,(H,16,18)(H,17,19). The van der Waals surface area contributed by atoms with Crippen molar-refractivity contribution >= 4 is 23.2 Å². The van der Waals surface area contributed by atoms with Gasteiger partial charge in [0, 0.05) is 29.6 Å². The van der Waals surface area contributed by atoms with Crippen molar-refractivity contribution in [3.8, 4) is 0 Å². The third kappa shape index (κ3) is 3.68. The Kier molecular flexibility index (Phi) is 4.90. The van der Waals surface area contributed by atoms with Gasteiger partial charge in [-0.3, -0.25) is 9.59 Å². The first-order valence-corrected chi connectivity index (χ1v) is 7.32. The van der Waals surface area contributed by atoms with Crippen molar-refractivity contribution in [1.82, 2.24) is 10.6 Å². The maximum atomic E-state index is 11.8. The zero-order chi connectivity index (χ0) is 14.4. The first kappa shape index (κ1) is 14.3. The summed E-state index contributed by atoms with van der Waals surface area (Å²) in [7, 11) is 0. The van der Waals surface area contributed by atoms with Gasteiger partial charge < -0.3 is 10.6 Å². The highest BCUT2D eigenvalue weighted by Crippen LogP contribution is 2.07. The van der Waals surface area contributed by atoms with E-state index in [1.165, 1.54) is 11.3 Å². The molecule has 0 spiro atoms. The zero-order valence-corrected chi connectivity index (χ0v) is 12.0. The summed E-state index contributed by atoms with van der Waals surface area (Å²) in [6.45, 7) is 2.94. The number of hydrogen-bond acceptors (Lipinski definition) is 3. The van der Waals surface area contributed by atoms with Gasteiger partial charge in [-0.05, 0) is 36.1 Å². The Morgan fingerprint density at radius 1 is 1.00 bits per heavy atom. The number of hydrogen-bond donors (Lipinski definition) is 2. The summed E-state index contributed by atoms with van der Waals surface area (Å²) < 4.78 is 0. The van der Waals surface area contributed by atoms with E-state index in [-0.39, 0.29) is 11.8 Å². The molecule has 1 aromatic carbocycles. The Morgan fingerprint density at radius 3 is 2.30 bits per heavy atom. The van der Waals surface area contributed by atoms with Crippen molar-refractivity contribution in [1.29, 1.82) is 0 Å². The molecule has 0 radical (unpaired) electrons. The molecule has 0 atom stereocenters. The highest BCUT2D eigenvalue weighted by molar-refractivity contribution is 7.08. The molecule has 5 heteroatoms. The summed E-state index contributed by atoms with van der Waals surface area (Å²) in [5.74, 6) is -0.166. The smallest absolute Gasteiger partial charge is 0.252 e. The van der Waals surface area contributed by atoms with E-state index in [0.717, 1.165) is 5.56 Å². The second-order valence-corrected chi connectivity index (χ2v) is 5.03. The van der Waals surface area contributed by atoms with Crippen molar-refractivity contribution < 1.29 is 9.59 Å². The molecule has 0 aliphatic carbocycles. The number of nitrogens with one attached hydrogen (secondary N) is 2. The molecule has 20 heavy (non-hydrogen) atoms. The van der Waals surface area contributed by atoms with Crippen LogP contribution in [-0.2, 0) is 6.54 Å². The molecule has 0 saturated carbocycles. The van der Waals surface area contributed by atoms with Crippen molar-refractivity contribution in [3.63, 3.8) is 0 Å². The Labute approximate surface area is 121 Å². The number of amides is 2. The zero-order valence-electron chi connectivity index (χ0n) is 11.2. The van der Waals surface area contributed by atoms with Crippen LogP contribution >= 0.6 is 11.3 Å². The molecule has 0 aliphatic heterocycles. The summed E-state index contributed by atoms with van der Waals surface area (Å²) in [6, 6.07) is 9.00. The molecule has 1 heterocycles. The number of carbonyl (C=O) groups excluding carboxylic acids is 2. The maximum Gasteiger partial charge on any atom is 0.252 e. The first-order valence-electron chi connectivity index (χ1n) is 6.38. The van der Waals surface area contributed by atoms with E-state index in [0.29, 0.717) is 24.2 Å². The third-order valence-electron chi connectivity index (χ3n) is 2.79. The van der Waals surface area contributed by atoms with Crippen LogP contribution in [0, 0.1) is 0 Å². The van der Waals surface area contributed by atoms with E-state index < -0.39 is 0 Å². The van der Waals surface area contributed by atoms with Crippen LogP contribution in [0.2, 0.25) is 0 Å². The van der Waals surface area contributed by atoms with Gasteiger partial charge in [0.1, 0.15) is 0 Å². The predicted octanol–water partition coefficient (Wildman–Crippen LogP) is 2.43. The lowest BCUT2D eigenvalue weighted by molar-refractivity contribution is 0.0944.